The number of fused-ring (bicyclic) bond motifs is 9. The molecule has 8 aromatic rings. The molecule has 0 saturated carbocycles. The van der Waals surface area contributed by atoms with Gasteiger partial charge in [-0.2, -0.15) is 0 Å². The predicted molar refractivity (Wildman–Crippen MR) is 223 cm³/mol. The van der Waals surface area contributed by atoms with E-state index in [1.165, 1.54) is 38.9 Å². The molecular weight excluding hydrogens is 687 g/mol. The molecule has 3 aliphatic rings. The Hall–Kier alpha value is -6.85. The van der Waals surface area contributed by atoms with Crippen molar-refractivity contribution in [2.45, 2.75) is 38.5 Å². The van der Waals surface area contributed by atoms with Gasteiger partial charge in [-0.3, -0.25) is 0 Å². The lowest BCUT2D eigenvalue weighted by atomic mass is 9.82. The molecule has 5 nitrogen and oxygen atoms in total. The molecule has 2 heterocycles. The molecule has 56 heavy (non-hydrogen) atoms. The summed E-state index contributed by atoms with van der Waals surface area (Å²) in [5.41, 5.74) is 14.4. The lowest BCUT2D eigenvalue weighted by Crippen LogP contribution is -2.15. The highest BCUT2D eigenvalue weighted by Crippen LogP contribution is 2.59. The number of hydrogen-bond acceptors (Lipinski definition) is 5. The van der Waals surface area contributed by atoms with Crippen molar-refractivity contribution in [3.05, 3.63) is 174 Å². The highest BCUT2D eigenvalue weighted by atomic mass is 16.6. The van der Waals surface area contributed by atoms with Crippen LogP contribution in [-0.2, 0) is 10.8 Å². The van der Waals surface area contributed by atoms with Crippen molar-refractivity contribution < 1.29 is 9.47 Å². The summed E-state index contributed by atoms with van der Waals surface area (Å²) in [6.07, 6.45) is 0. The Kier molecular flexibility index (Phi) is 6.88. The first-order valence-electron chi connectivity index (χ1n) is 19.2. The van der Waals surface area contributed by atoms with E-state index < -0.39 is 0 Å². The Labute approximate surface area is 326 Å². The maximum absolute atomic E-state index is 6.79. The van der Waals surface area contributed by atoms with E-state index in [9.17, 15) is 0 Å². The summed E-state index contributed by atoms with van der Waals surface area (Å²) >= 11 is 0. The minimum Gasteiger partial charge on any atom is -0.449 e. The molecule has 1 aliphatic heterocycles. The van der Waals surface area contributed by atoms with Crippen LogP contribution in [0.15, 0.2) is 152 Å². The third-order valence-corrected chi connectivity index (χ3v) is 12.0. The van der Waals surface area contributed by atoms with Gasteiger partial charge in [0.15, 0.2) is 40.5 Å². The van der Waals surface area contributed by atoms with Crippen LogP contribution in [0.2, 0.25) is 0 Å². The molecule has 7 aromatic carbocycles. The smallest absolute Gasteiger partial charge is 0.178 e. The van der Waals surface area contributed by atoms with Crippen molar-refractivity contribution in [2.75, 3.05) is 0 Å². The van der Waals surface area contributed by atoms with Crippen LogP contribution in [0.5, 0.6) is 23.0 Å². The average Bonchev–Trinajstić information content (AvgIpc) is 3.62. The molecule has 0 atom stereocenters. The quantitative estimate of drug-likeness (QED) is 0.181. The number of hydrogen-bond donors (Lipinski definition) is 0. The van der Waals surface area contributed by atoms with Crippen molar-refractivity contribution >= 4 is 0 Å². The number of rotatable bonds is 4. The fourth-order valence-corrected chi connectivity index (χ4v) is 9.09. The molecular formula is C51H37N3O2. The van der Waals surface area contributed by atoms with Gasteiger partial charge in [-0.15, -0.1) is 0 Å². The Morgan fingerprint density at radius 3 is 1.68 bits per heavy atom. The van der Waals surface area contributed by atoms with Gasteiger partial charge in [0.25, 0.3) is 0 Å². The summed E-state index contributed by atoms with van der Waals surface area (Å²) < 4.78 is 13.6. The van der Waals surface area contributed by atoms with Gasteiger partial charge in [0, 0.05) is 38.6 Å². The molecule has 0 fully saturated rings. The lowest BCUT2D eigenvalue weighted by Gasteiger charge is -2.26. The zero-order valence-corrected chi connectivity index (χ0v) is 31.6. The van der Waals surface area contributed by atoms with Gasteiger partial charge in [-0.1, -0.05) is 155 Å². The molecule has 2 aliphatic carbocycles. The van der Waals surface area contributed by atoms with Crippen molar-refractivity contribution in [2.24, 2.45) is 0 Å². The second-order valence-corrected chi connectivity index (χ2v) is 16.0. The van der Waals surface area contributed by atoms with Crippen LogP contribution in [0.3, 0.4) is 0 Å². The second kappa shape index (κ2) is 11.8. The van der Waals surface area contributed by atoms with E-state index in [2.05, 4.69) is 125 Å². The van der Waals surface area contributed by atoms with Crippen LogP contribution in [0, 0.1) is 0 Å². The number of benzene rings is 7. The zero-order chi connectivity index (χ0) is 37.8. The van der Waals surface area contributed by atoms with Gasteiger partial charge < -0.3 is 9.47 Å². The summed E-state index contributed by atoms with van der Waals surface area (Å²) in [7, 11) is 0. The topological polar surface area (TPSA) is 57.1 Å². The minimum atomic E-state index is -0.142. The molecule has 11 rings (SSSR count). The number of aromatic nitrogens is 3. The molecule has 0 N–H and O–H groups in total. The normalized spacial score (nSPS) is 14.6. The first-order chi connectivity index (χ1) is 27.3. The van der Waals surface area contributed by atoms with E-state index >= 15 is 0 Å². The average molecular weight is 724 g/mol. The van der Waals surface area contributed by atoms with Gasteiger partial charge >= 0.3 is 0 Å². The molecule has 0 bridgehead atoms. The first kappa shape index (κ1) is 32.6. The molecule has 0 amide bonds. The van der Waals surface area contributed by atoms with E-state index in [4.69, 9.17) is 24.4 Å². The second-order valence-electron chi connectivity index (χ2n) is 16.0. The number of ether oxygens (including phenoxy) is 2. The van der Waals surface area contributed by atoms with Crippen LogP contribution in [0.25, 0.3) is 67.5 Å². The van der Waals surface area contributed by atoms with Crippen LogP contribution in [0.4, 0.5) is 0 Å². The molecule has 1 aromatic heterocycles. The van der Waals surface area contributed by atoms with Crippen molar-refractivity contribution in [3.63, 3.8) is 0 Å². The van der Waals surface area contributed by atoms with Crippen LogP contribution in [0.1, 0.15) is 49.9 Å². The summed E-state index contributed by atoms with van der Waals surface area (Å²) in [5, 5.41) is 0. The Balaban J connectivity index is 1.00. The first-order valence-corrected chi connectivity index (χ1v) is 19.2. The third-order valence-electron chi connectivity index (χ3n) is 12.0. The Morgan fingerprint density at radius 1 is 0.357 bits per heavy atom. The fraction of sp³-hybridized carbons (Fsp3) is 0.118. The van der Waals surface area contributed by atoms with Crippen molar-refractivity contribution in [3.8, 4) is 90.5 Å². The molecule has 268 valence electrons. The van der Waals surface area contributed by atoms with E-state index in [0.717, 1.165) is 39.1 Å². The summed E-state index contributed by atoms with van der Waals surface area (Å²) in [4.78, 5) is 15.3. The molecule has 5 heteroatoms. The molecule has 0 radical (unpaired) electrons. The molecule has 0 saturated heterocycles. The van der Waals surface area contributed by atoms with E-state index in [0.29, 0.717) is 34.7 Å². The third kappa shape index (κ3) is 4.77. The van der Waals surface area contributed by atoms with Crippen LogP contribution < -0.4 is 9.47 Å². The maximum Gasteiger partial charge on any atom is 0.178 e. The van der Waals surface area contributed by atoms with Gasteiger partial charge in [0.2, 0.25) is 0 Å². The van der Waals surface area contributed by atoms with Gasteiger partial charge in [-0.05, 0) is 68.8 Å². The predicted octanol–water partition coefficient (Wildman–Crippen LogP) is 13.1. The Bertz CT molecular complexity index is 2930. The summed E-state index contributed by atoms with van der Waals surface area (Å²) in [6, 6.07) is 52.7. The van der Waals surface area contributed by atoms with E-state index in [-0.39, 0.29) is 10.8 Å². The number of para-hydroxylation sites is 1. The van der Waals surface area contributed by atoms with Gasteiger partial charge in [0.1, 0.15) is 0 Å². The van der Waals surface area contributed by atoms with Gasteiger partial charge in [0.05, 0.1) is 0 Å². The zero-order valence-electron chi connectivity index (χ0n) is 31.6. The number of nitrogens with zero attached hydrogens (tertiary/aromatic N) is 3. The molecule has 0 spiro atoms. The monoisotopic (exact) mass is 723 g/mol. The standard InChI is InChI=1S/C51H37N3O2/c1-50(2)39-22-11-9-19-37(39)44-40(50)26-27-43-46(44)56-42-23-13-20-34(45(42)55-43)31-16-12-17-32(28-31)48-52-47(30-14-6-5-7-15-30)53-49(54-48)33-24-25-36-35-18-8-10-21-38(35)51(3,4)41(36)29-33/h5-29H,1-4H3. The highest BCUT2D eigenvalue weighted by molar-refractivity contribution is 5.89. The van der Waals surface area contributed by atoms with Crippen molar-refractivity contribution in [1.82, 2.24) is 15.0 Å². The highest BCUT2D eigenvalue weighted by Gasteiger charge is 2.40. The maximum atomic E-state index is 6.79. The van der Waals surface area contributed by atoms with Gasteiger partial charge in [-0.25, -0.2) is 15.0 Å². The van der Waals surface area contributed by atoms with Crippen LogP contribution in [-0.4, -0.2) is 15.0 Å². The largest absolute Gasteiger partial charge is 0.449 e. The van der Waals surface area contributed by atoms with Crippen LogP contribution >= 0.6 is 0 Å². The fourth-order valence-electron chi connectivity index (χ4n) is 9.09. The van der Waals surface area contributed by atoms with E-state index in [1.807, 2.05) is 54.6 Å². The minimum absolute atomic E-state index is 0.134. The summed E-state index contributed by atoms with van der Waals surface area (Å²) in [6.45, 7) is 9.14. The van der Waals surface area contributed by atoms with E-state index in [1.54, 1.807) is 0 Å². The molecule has 0 unspecified atom stereocenters. The van der Waals surface area contributed by atoms with Crippen molar-refractivity contribution in [1.29, 1.82) is 0 Å². The SMILES string of the molecule is CC1(C)c2ccccc2-c2ccc(-c3nc(-c4ccccc4)nc(-c4cccc(-c5cccc6c5Oc5ccc7c(c5O6)-c5ccccc5C7(C)C)c4)n3)cc21. The Morgan fingerprint density at radius 2 is 0.893 bits per heavy atom. The summed E-state index contributed by atoms with van der Waals surface area (Å²) in [5.74, 6) is 4.71. The lowest BCUT2D eigenvalue weighted by molar-refractivity contribution is 0.361.